The predicted molar refractivity (Wildman–Crippen MR) is 140 cm³/mol. The van der Waals surface area contributed by atoms with Crippen LogP contribution in [0, 0.1) is 0 Å². The number of hydrogen-bond acceptors (Lipinski definition) is 19. The second-order valence-corrected chi connectivity index (χ2v) is 10.4. The molecule has 0 aliphatic carbocycles. The summed E-state index contributed by atoms with van der Waals surface area (Å²) < 4.78 is 45.0. The molecule has 19 heteroatoms. The summed E-state index contributed by atoms with van der Waals surface area (Å²) in [6.45, 7) is -1.76. The van der Waals surface area contributed by atoms with Crippen LogP contribution in [0.3, 0.4) is 0 Å². The first-order valence-electron chi connectivity index (χ1n) is 14.1. The van der Waals surface area contributed by atoms with E-state index in [0.717, 1.165) is 0 Å². The zero-order valence-electron chi connectivity index (χ0n) is 23.6. The molecular formula is C24H47N3O16. The quantitative estimate of drug-likeness (QED) is 0.0703. The Labute approximate surface area is 247 Å². The van der Waals surface area contributed by atoms with E-state index in [1.54, 1.807) is 0 Å². The number of hydrogen-bond donors (Lipinski definition) is 11. The molecule has 0 aromatic heterocycles. The third-order valence-corrected chi connectivity index (χ3v) is 7.35. The van der Waals surface area contributed by atoms with Gasteiger partial charge in [0.2, 0.25) is 0 Å². The minimum atomic E-state index is -1.55. The lowest BCUT2D eigenvalue weighted by Gasteiger charge is -2.49. The van der Waals surface area contributed by atoms with Crippen molar-refractivity contribution in [3.05, 3.63) is 0 Å². The molecule has 6 unspecified atom stereocenters. The molecule has 3 aliphatic rings. The SMILES string of the molecule is NC1[C@H](O[C@@H]2C(COCCO)O[C@@H](O[C@@H]3C(COCCO)O[C@@H](O)C(N)[C@H]3O)C(N)[C@H]2O)OC(COCCO)[C@@H](O)[C@@H]1O. The second-order valence-electron chi connectivity index (χ2n) is 10.4. The molecule has 15 atom stereocenters. The first-order valence-corrected chi connectivity index (χ1v) is 14.1. The lowest BCUT2D eigenvalue weighted by atomic mass is 9.94. The van der Waals surface area contributed by atoms with Gasteiger partial charge in [0.05, 0.1) is 77.6 Å². The van der Waals surface area contributed by atoms with E-state index in [4.69, 9.17) is 65.3 Å². The zero-order chi connectivity index (χ0) is 31.7. The fourth-order valence-electron chi connectivity index (χ4n) is 4.94. The number of aliphatic hydroxyl groups excluding tert-OH is 8. The minimum Gasteiger partial charge on any atom is -0.394 e. The average molecular weight is 634 g/mol. The van der Waals surface area contributed by atoms with Gasteiger partial charge in [0.1, 0.15) is 54.9 Å². The number of rotatable bonds is 16. The Balaban J connectivity index is 1.77. The molecule has 3 fully saturated rings. The highest BCUT2D eigenvalue weighted by molar-refractivity contribution is 4.98. The summed E-state index contributed by atoms with van der Waals surface area (Å²) in [5.41, 5.74) is 18.2. The maximum atomic E-state index is 11.3. The van der Waals surface area contributed by atoms with Crippen molar-refractivity contribution in [2.75, 3.05) is 59.5 Å². The lowest BCUT2D eigenvalue weighted by Crippen LogP contribution is -2.69. The summed E-state index contributed by atoms with van der Waals surface area (Å²) in [6, 6.07) is -3.88. The van der Waals surface area contributed by atoms with Gasteiger partial charge in [0.15, 0.2) is 18.9 Å². The van der Waals surface area contributed by atoms with Gasteiger partial charge in [-0.25, -0.2) is 0 Å². The summed E-state index contributed by atoms with van der Waals surface area (Å²) in [6.07, 6.45) is -16.2. The zero-order valence-corrected chi connectivity index (χ0v) is 23.6. The van der Waals surface area contributed by atoms with Crippen LogP contribution in [0.15, 0.2) is 0 Å². The first kappa shape index (κ1) is 36.7. The molecule has 0 saturated carbocycles. The van der Waals surface area contributed by atoms with E-state index in [2.05, 4.69) is 0 Å². The largest absolute Gasteiger partial charge is 0.394 e. The third-order valence-electron chi connectivity index (χ3n) is 7.35. The fraction of sp³-hybridized carbons (Fsp3) is 1.00. The van der Waals surface area contributed by atoms with Crippen molar-refractivity contribution < 1.29 is 78.7 Å². The Bertz CT molecular complexity index is 793. The third kappa shape index (κ3) is 9.39. The van der Waals surface area contributed by atoms with E-state index in [1.807, 2.05) is 0 Å². The van der Waals surface area contributed by atoms with Gasteiger partial charge in [-0.05, 0) is 0 Å². The highest BCUT2D eigenvalue weighted by Crippen LogP contribution is 2.31. The van der Waals surface area contributed by atoms with E-state index in [0.29, 0.717) is 0 Å². The van der Waals surface area contributed by atoms with Gasteiger partial charge in [-0.2, -0.15) is 0 Å². The monoisotopic (exact) mass is 633 g/mol. The Morgan fingerprint density at radius 3 is 1.37 bits per heavy atom. The van der Waals surface area contributed by atoms with Gasteiger partial charge in [0.25, 0.3) is 0 Å². The summed E-state index contributed by atoms with van der Waals surface area (Å²) in [7, 11) is 0. The molecule has 0 aromatic carbocycles. The maximum absolute atomic E-state index is 11.3. The van der Waals surface area contributed by atoms with Crippen LogP contribution in [0.2, 0.25) is 0 Å². The molecule has 14 N–H and O–H groups in total. The van der Waals surface area contributed by atoms with Crippen LogP contribution in [0.1, 0.15) is 0 Å². The van der Waals surface area contributed by atoms with Crippen LogP contribution in [0.5, 0.6) is 0 Å². The lowest BCUT2D eigenvalue weighted by molar-refractivity contribution is -0.349. The summed E-state index contributed by atoms with van der Waals surface area (Å²) >= 11 is 0. The summed E-state index contributed by atoms with van der Waals surface area (Å²) in [5.74, 6) is 0. The summed E-state index contributed by atoms with van der Waals surface area (Å²) in [5, 5.41) is 80.1. The number of nitrogens with two attached hydrogens (primary N) is 3. The van der Waals surface area contributed by atoms with Crippen molar-refractivity contribution >= 4 is 0 Å². The minimum absolute atomic E-state index is 0.0467. The first-order chi connectivity index (χ1) is 20.5. The highest BCUT2D eigenvalue weighted by atomic mass is 16.7. The van der Waals surface area contributed by atoms with Gasteiger partial charge in [-0.1, -0.05) is 0 Å². The van der Waals surface area contributed by atoms with E-state index in [1.165, 1.54) is 0 Å². The van der Waals surface area contributed by atoms with E-state index >= 15 is 0 Å². The fourth-order valence-corrected chi connectivity index (χ4v) is 4.94. The summed E-state index contributed by atoms with van der Waals surface area (Å²) in [4.78, 5) is 0. The van der Waals surface area contributed by atoms with Crippen molar-refractivity contribution in [3.63, 3.8) is 0 Å². The molecule has 0 spiro atoms. The molecule has 0 aromatic rings. The molecule has 3 aliphatic heterocycles. The predicted octanol–water partition coefficient (Wildman–Crippen LogP) is -7.62. The van der Waals surface area contributed by atoms with E-state index in [-0.39, 0.29) is 59.5 Å². The standard InChI is InChI=1S/C24H47N3O16/c25-13-18(33)20(11(39-22(13)35)8-37-5-2-29)42-24-15(27)19(34)21(12(41-24)9-38-6-3-30)43-23-14(26)17(32)16(31)10(40-23)7-36-4-1-28/h10-24,28-35H,1-9,25-27H2/t10?,11?,12?,13?,14?,15?,16-,17-,18-,19-,20-,21-,22-,23+,24+/m1/s1. The molecule has 3 rings (SSSR count). The molecule has 3 heterocycles. The van der Waals surface area contributed by atoms with Gasteiger partial charge in [-0.3, -0.25) is 0 Å². The van der Waals surface area contributed by atoms with Crippen LogP contribution < -0.4 is 17.2 Å². The molecule has 43 heavy (non-hydrogen) atoms. The Morgan fingerprint density at radius 1 is 0.488 bits per heavy atom. The smallest absolute Gasteiger partial charge is 0.176 e. The molecule has 254 valence electrons. The number of aliphatic hydroxyl groups is 8. The van der Waals surface area contributed by atoms with Crippen molar-refractivity contribution in [3.8, 4) is 0 Å². The van der Waals surface area contributed by atoms with E-state index < -0.39 is 91.9 Å². The van der Waals surface area contributed by atoms with Crippen LogP contribution in [0.4, 0.5) is 0 Å². The van der Waals surface area contributed by atoms with Crippen LogP contribution in [-0.2, 0) is 37.9 Å². The van der Waals surface area contributed by atoms with Crippen LogP contribution in [-0.4, -0.2) is 192 Å². The molecule has 19 nitrogen and oxygen atoms in total. The van der Waals surface area contributed by atoms with Gasteiger partial charge < -0.3 is 95.9 Å². The number of ether oxygens (including phenoxy) is 8. The second kappa shape index (κ2) is 17.8. The van der Waals surface area contributed by atoms with Crippen molar-refractivity contribution in [1.82, 2.24) is 0 Å². The Morgan fingerprint density at radius 2 is 0.884 bits per heavy atom. The van der Waals surface area contributed by atoms with Crippen molar-refractivity contribution in [1.29, 1.82) is 0 Å². The highest BCUT2D eigenvalue weighted by Gasteiger charge is 2.52. The van der Waals surface area contributed by atoms with Crippen LogP contribution >= 0.6 is 0 Å². The van der Waals surface area contributed by atoms with Gasteiger partial charge >= 0.3 is 0 Å². The topological polar surface area (TPSA) is 314 Å². The van der Waals surface area contributed by atoms with E-state index in [9.17, 15) is 30.6 Å². The molecule has 3 saturated heterocycles. The van der Waals surface area contributed by atoms with Crippen LogP contribution in [0.25, 0.3) is 0 Å². The van der Waals surface area contributed by atoms with Crippen molar-refractivity contribution in [2.45, 2.75) is 91.9 Å². The normalized spacial score (nSPS) is 44.0. The average Bonchev–Trinajstić information content (AvgIpc) is 2.99. The molecule has 0 bridgehead atoms. The van der Waals surface area contributed by atoms with Crippen molar-refractivity contribution in [2.24, 2.45) is 17.2 Å². The Hall–Kier alpha value is -0.760. The Kier molecular flexibility index (Phi) is 15.2. The molecular weight excluding hydrogens is 586 g/mol. The van der Waals surface area contributed by atoms with Gasteiger partial charge in [-0.15, -0.1) is 0 Å². The maximum Gasteiger partial charge on any atom is 0.176 e. The molecule has 0 amide bonds. The molecule has 0 radical (unpaired) electrons. The van der Waals surface area contributed by atoms with Gasteiger partial charge in [0, 0.05) is 0 Å².